The normalized spacial score (nSPS) is 14.8. The Morgan fingerprint density at radius 2 is 1.93 bits per heavy atom. The van der Waals surface area contributed by atoms with Gasteiger partial charge in [0.2, 0.25) is 5.82 Å². The second-order valence-corrected chi connectivity index (χ2v) is 7.67. The molecule has 0 unspecified atom stereocenters. The molecule has 3 aromatic rings. The molecule has 3 heterocycles. The minimum atomic E-state index is -0.832. The number of carbonyl (C=O) groups is 1. The number of rotatable bonds is 5. The van der Waals surface area contributed by atoms with E-state index in [4.69, 9.17) is 0 Å². The summed E-state index contributed by atoms with van der Waals surface area (Å²) in [6.45, 7) is 0.795. The number of aliphatic carboxylic acids is 1. The zero-order valence-corrected chi connectivity index (χ0v) is 16.1. The monoisotopic (exact) mass is 411 g/mol. The maximum atomic E-state index is 11.9. The van der Waals surface area contributed by atoms with E-state index in [9.17, 15) is 20.0 Å². The fraction of sp³-hybridized carbons (Fsp3) is 0.263. The van der Waals surface area contributed by atoms with Crippen molar-refractivity contribution in [1.82, 2.24) is 15.0 Å². The summed E-state index contributed by atoms with van der Waals surface area (Å²) in [5, 5.41) is 22.2. The number of carboxylic acids is 1. The Hall–Kier alpha value is -3.27. The van der Waals surface area contributed by atoms with Gasteiger partial charge in [0.05, 0.1) is 16.4 Å². The molecule has 0 bridgehead atoms. The number of nitrogens with zero attached hydrogens (tertiary/aromatic N) is 5. The molecule has 148 valence electrons. The number of hydrogen-bond donors (Lipinski definition) is 1. The van der Waals surface area contributed by atoms with Crippen molar-refractivity contribution in [1.29, 1.82) is 0 Å². The number of nitro groups is 1. The first-order valence-corrected chi connectivity index (χ1v) is 9.85. The molecule has 1 aliphatic heterocycles. The first-order chi connectivity index (χ1) is 14.0. The molecule has 1 N–H and O–H groups in total. The fourth-order valence-electron chi connectivity index (χ4n) is 3.42. The Balaban J connectivity index is 1.69. The Kier molecular flexibility index (Phi) is 5.26. The first-order valence-electron chi connectivity index (χ1n) is 9.03. The first kappa shape index (κ1) is 19.1. The fourth-order valence-corrected chi connectivity index (χ4v) is 4.41. The summed E-state index contributed by atoms with van der Waals surface area (Å²) in [5.41, 5.74) is 0.580. The molecular weight excluding hydrogens is 394 g/mol. The van der Waals surface area contributed by atoms with Crippen LogP contribution >= 0.6 is 11.8 Å². The number of fused-ring (bicyclic) bond motifs is 1. The molecule has 0 atom stereocenters. The summed E-state index contributed by atoms with van der Waals surface area (Å²) >= 11 is 1.18. The van der Waals surface area contributed by atoms with Crippen LogP contribution in [-0.4, -0.2) is 44.0 Å². The maximum absolute atomic E-state index is 11.9. The van der Waals surface area contributed by atoms with E-state index in [-0.39, 0.29) is 16.5 Å². The van der Waals surface area contributed by atoms with Gasteiger partial charge in [-0.2, -0.15) is 0 Å². The van der Waals surface area contributed by atoms with Gasteiger partial charge < -0.3 is 10.0 Å². The minimum Gasteiger partial charge on any atom is -0.481 e. The predicted molar refractivity (Wildman–Crippen MR) is 107 cm³/mol. The van der Waals surface area contributed by atoms with Crippen LogP contribution in [0.2, 0.25) is 0 Å². The highest BCUT2D eigenvalue weighted by Crippen LogP contribution is 2.40. The SMILES string of the molecule is O=C(O)C1CCN(c2ncnc(Sc3cccc4cccnc34)c2[N+](=O)[O-])CC1. The van der Waals surface area contributed by atoms with E-state index in [1.807, 2.05) is 30.3 Å². The van der Waals surface area contributed by atoms with Crippen molar-refractivity contribution in [2.75, 3.05) is 18.0 Å². The quantitative estimate of drug-likeness (QED) is 0.382. The smallest absolute Gasteiger partial charge is 0.343 e. The zero-order valence-electron chi connectivity index (χ0n) is 15.3. The molecule has 1 aromatic carbocycles. The van der Waals surface area contributed by atoms with Crippen molar-refractivity contribution in [2.24, 2.45) is 5.92 Å². The largest absolute Gasteiger partial charge is 0.481 e. The lowest BCUT2D eigenvalue weighted by Crippen LogP contribution is -2.37. The van der Waals surface area contributed by atoms with Crippen LogP contribution in [0, 0.1) is 16.0 Å². The Morgan fingerprint density at radius 1 is 1.17 bits per heavy atom. The summed E-state index contributed by atoms with van der Waals surface area (Å²) in [5.74, 6) is -1.03. The van der Waals surface area contributed by atoms with Gasteiger partial charge in [-0.15, -0.1) is 0 Å². The van der Waals surface area contributed by atoms with Crippen molar-refractivity contribution in [3.8, 4) is 0 Å². The van der Waals surface area contributed by atoms with E-state index in [2.05, 4.69) is 15.0 Å². The molecule has 0 saturated carbocycles. The number of hydrogen-bond acceptors (Lipinski definition) is 8. The lowest BCUT2D eigenvalue weighted by molar-refractivity contribution is -0.387. The van der Waals surface area contributed by atoms with Crippen molar-refractivity contribution in [2.45, 2.75) is 22.8 Å². The molecule has 1 fully saturated rings. The summed E-state index contributed by atoms with van der Waals surface area (Å²) in [6, 6.07) is 9.42. The third-order valence-corrected chi connectivity index (χ3v) is 5.94. The van der Waals surface area contributed by atoms with E-state index < -0.39 is 16.8 Å². The number of benzene rings is 1. The number of pyridine rings is 1. The average Bonchev–Trinajstić information content (AvgIpc) is 2.74. The Bertz CT molecular complexity index is 1080. The molecule has 4 rings (SSSR count). The van der Waals surface area contributed by atoms with Crippen LogP contribution in [0.15, 0.2) is 52.8 Å². The minimum absolute atomic E-state index is 0.167. The molecule has 0 aliphatic carbocycles. The molecule has 0 amide bonds. The van der Waals surface area contributed by atoms with Crippen LogP contribution in [0.1, 0.15) is 12.8 Å². The highest BCUT2D eigenvalue weighted by atomic mass is 32.2. The number of aromatic nitrogens is 3. The lowest BCUT2D eigenvalue weighted by Gasteiger charge is -2.30. The molecule has 0 spiro atoms. The third-order valence-electron chi connectivity index (χ3n) is 4.90. The van der Waals surface area contributed by atoms with Crippen molar-refractivity contribution >= 4 is 40.1 Å². The van der Waals surface area contributed by atoms with Gasteiger partial charge in [0, 0.05) is 29.6 Å². The summed E-state index contributed by atoms with van der Waals surface area (Å²) in [7, 11) is 0. The molecule has 0 radical (unpaired) electrons. The van der Waals surface area contributed by atoms with Gasteiger partial charge in [-0.1, -0.05) is 30.0 Å². The topological polar surface area (TPSA) is 122 Å². The van der Waals surface area contributed by atoms with Crippen molar-refractivity contribution in [3.63, 3.8) is 0 Å². The predicted octanol–water partition coefficient (Wildman–Crippen LogP) is 3.39. The number of anilines is 1. The van der Waals surface area contributed by atoms with Gasteiger partial charge in [0.1, 0.15) is 6.33 Å². The standard InChI is InChI=1S/C19H17N5O4S/c25-19(26)13-6-9-23(10-7-13)17-16(24(27)28)18(22-11-21-17)29-14-5-1-3-12-4-2-8-20-15(12)14/h1-5,8,11,13H,6-7,9-10H2,(H,25,26). The van der Waals surface area contributed by atoms with Crippen LogP contribution < -0.4 is 4.90 Å². The lowest BCUT2D eigenvalue weighted by atomic mass is 9.97. The van der Waals surface area contributed by atoms with Gasteiger partial charge in [-0.05, 0) is 25.0 Å². The Labute approximate surface area is 170 Å². The van der Waals surface area contributed by atoms with Crippen LogP contribution in [-0.2, 0) is 4.79 Å². The number of carboxylic acid groups (broad SMARTS) is 1. The second-order valence-electron chi connectivity index (χ2n) is 6.64. The highest BCUT2D eigenvalue weighted by molar-refractivity contribution is 7.99. The van der Waals surface area contributed by atoms with Crippen molar-refractivity contribution < 1.29 is 14.8 Å². The average molecular weight is 411 g/mol. The van der Waals surface area contributed by atoms with Crippen LogP contribution in [0.5, 0.6) is 0 Å². The molecule has 2 aromatic heterocycles. The molecular formula is C19H17N5O4S. The van der Waals surface area contributed by atoms with Gasteiger partial charge in [-0.3, -0.25) is 19.9 Å². The van der Waals surface area contributed by atoms with E-state index in [1.54, 1.807) is 11.1 Å². The molecule has 1 saturated heterocycles. The van der Waals surface area contributed by atoms with Crippen LogP contribution in [0.4, 0.5) is 11.5 Å². The van der Waals surface area contributed by atoms with E-state index >= 15 is 0 Å². The maximum Gasteiger partial charge on any atom is 0.343 e. The third kappa shape index (κ3) is 3.83. The summed E-state index contributed by atoms with van der Waals surface area (Å²) < 4.78 is 0. The van der Waals surface area contributed by atoms with Gasteiger partial charge >= 0.3 is 11.7 Å². The van der Waals surface area contributed by atoms with Gasteiger partial charge in [0.15, 0.2) is 5.03 Å². The molecule has 29 heavy (non-hydrogen) atoms. The van der Waals surface area contributed by atoms with Gasteiger partial charge in [0.25, 0.3) is 0 Å². The van der Waals surface area contributed by atoms with E-state index in [0.29, 0.717) is 25.9 Å². The van der Waals surface area contributed by atoms with Crippen LogP contribution in [0.25, 0.3) is 10.9 Å². The second kappa shape index (κ2) is 8.00. The molecule has 9 nitrogen and oxygen atoms in total. The summed E-state index contributed by atoms with van der Waals surface area (Å²) in [4.78, 5) is 37.8. The van der Waals surface area contributed by atoms with E-state index in [1.165, 1.54) is 18.1 Å². The summed E-state index contributed by atoms with van der Waals surface area (Å²) in [6.07, 6.45) is 3.84. The highest BCUT2D eigenvalue weighted by Gasteiger charge is 2.32. The number of piperidine rings is 1. The Morgan fingerprint density at radius 3 is 2.66 bits per heavy atom. The number of para-hydroxylation sites is 1. The van der Waals surface area contributed by atoms with Gasteiger partial charge in [-0.25, -0.2) is 9.97 Å². The molecule has 1 aliphatic rings. The zero-order chi connectivity index (χ0) is 20.4. The molecule has 10 heteroatoms. The van der Waals surface area contributed by atoms with Crippen LogP contribution in [0.3, 0.4) is 0 Å². The van der Waals surface area contributed by atoms with E-state index in [0.717, 1.165) is 15.8 Å². The van der Waals surface area contributed by atoms with Crippen molar-refractivity contribution in [3.05, 3.63) is 53.0 Å².